The van der Waals surface area contributed by atoms with Gasteiger partial charge < -0.3 is 10.1 Å². The van der Waals surface area contributed by atoms with Crippen molar-refractivity contribution < 1.29 is 9.13 Å². The second-order valence-electron chi connectivity index (χ2n) is 4.93. The lowest BCUT2D eigenvalue weighted by molar-refractivity contribution is 0.0761. The number of ether oxygens (including phenoxy) is 1. The molecule has 1 N–H and O–H groups in total. The molecule has 1 aromatic carbocycles. The van der Waals surface area contributed by atoms with Crippen molar-refractivity contribution in [2.24, 2.45) is 0 Å². The fraction of sp³-hybridized carbons (Fsp3) is 0.600. The SMILES string of the molecule is CCN(CCNc1ccccc1F)CC1CCCO1. The summed E-state index contributed by atoms with van der Waals surface area (Å²) in [5, 5.41) is 3.15. The summed E-state index contributed by atoms with van der Waals surface area (Å²) in [6.45, 7) is 6.69. The molecule has 19 heavy (non-hydrogen) atoms. The predicted molar refractivity (Wildman–Crippen MR) is 76.0 cm³/mol. The molecular weight excluding hydrogens is 243 g/mol. The number of para-hydroxylation sites is 1. The molecule has 1 unspecified atom stereocenters. The van der Waals surface area contributed by atoms with Crippen LogP contribution < -0.4 is 5.32 Å². The fourth-order valence-corrected chi connectivity index (χ4v) is 2.41. The number of benzene rings is 1. The van der Waals surface area contributed by atoms with Crippen molar-refractivity contribution in [1.82, 2.24) is 4.90 Å². The van der Waals surface area contributed by atoms with Crippen LogP contribution in [0.15, 0.2) is 24.3 Å². The number of anilines is 1. The zero-order chi connectivity index (χ0) is 13.5. The molecule has 1 aliphatic heterocycles. The normalized spacial score (nSPS) is 19.0. The quantitative estimate of drug-likeness (QED) is 0.821. The second kappa shape index (κ2) is 7.46. The minimum absolute atomic E-state index is 0.190. The summed E-state index contributed by atoms with van der Waals surface area (Å²) in [4.78, 5) is 2.35. The number of nitrogens with one attached hydrogen (secondary N) is 1. The Morgan fingerprint density at radius 3 is 2.95 bits per heavy atom. The van der Waals surface area contributed by atoms with E-state index in [0.29, 0.717) is 11.8 Å². The number of hydrogen-bond donors (Lipinski definition) is 1. The van der Waals surface area contributed by atoms with E-state index in [9.17, 15) is 4.39 Å². The summed E-state index contributed by atoms with van der Waals surface area (Å²) < 4.78 is 19.1. The molecule has 0 saturated carbocycles. The molecule has 0 amide bonds. The van der Waals surface area contributed by atoms with Gasteiger partial charge in [0.25, 0.3) is 0 Å². The van der Waals surface area contributed by atoms with E-state index in [-0.39, 0.29) is 5.82 Å². The van der Waals surface area contributed by atoms with Gasteiger partial charge in [-0.25, -0.2) is 4.39 Å². The molecule has 1 heterocycles. The molecule has 1 aliphatic rings. The first kappa shape index (κ1) is 14.3. The molecule has 3 nitrogen and oxygen atoms in total. The van der Waals surface area contributed by atoms with E-state index in [1.54, 1.807) is 12.1 Å². The van der Waals surface area contributed by atoms with Crippen LogP contribution in [0.2, 0.25) is 0 Å². The number of halogens is 1. The van der Waals surface area contributed by atoms with Gasteiger partial charge in [-0.3, -0.25) is 4.90 Å². The number of hydrogen-bond acceptors (Lipinski definition) is 3. The third-order valence-corrected chi connectivity index (χ3v) is 3.55. The standard InChI is InChI=1S/C15H23FN2O/c1-2-18(12-13-6-5-11-19-13)10-9-17-15-8-4-3-7-14(15)16/h3-4,7-8,13,17H,2,5-6,9-12H2,1H3. The first-order chi connectivity index (χ1) is 9.29. The molecular formula is C15H23FN2O. The maximum atomic E-state index is 13.4. The second-order valence-corrected chi connectivity index (χ2v) is 4.93. The van der Waals surface area contributed by atoms with Crippen LogP contribution in [-0.2, 0) is 4.74 Å². The van der Waals surface area contributed by atoms with Gasteiger partial charge in [-0.05, 0) is 31.5 Å². The van der Waals surface area contributed by atoms with Crippen molar-refractivity contribution in [3.05, 3.63) is 30.1 Å². The van der Waals surface area contributed by atoms with Crippen molar-refractivity contribution >= 4 is 5.69 Å². The van der Waals surface area contributed by atoms with E-state index in [1.165, 1.54) is 12.5 Å². The first-order valence-corrected chi connectivity index (χ1v) is 7.12. The van der Waals surface area contributed by atoms with Crippen LogP contribution in [0.5, 0.6) is 0 Å². The van der Waals surface area contributed by atoms with E-state index in [2.05, 4.69) is 17.1 Å². The molecule has 0 bridgehead atoms. The van der Waals surface area contributed by atoms with Crippen molar-refractivity contribution in [2.45, 2.75) is 25.9 Å². The Bertz CT molecular complexity index is 380. The highest BCUT2D eigenvalue weighted by Crippen LogP contribution is 2.14. The minimum Gasteiger partial charge on any atom is -0.381 e. The Hall–Kier alpha value is -1.13. The van der Waals surface area contributed by atoms with Crippen LogP contribution in [0.25, 0.3) is 0 Å². The molecule has 0 aromatic heterocycles. The van der Waals surface area contributed by atoms with Crippen molar-refractivity contribution in [1.29, 1.82) is 0 Å². The van der Waals surface area contributed by atoms with Crippen LogP contribution in [-0.4, -0.2) is 43.8 Å². The fourth-order valence-electron chi connectivity index (χ4n) is 2.41. The molecule has 1 atom stereocenters. The third kappa shape index (κ3) is 4.48. The Morgan fingerprint density at radius 2 is 2.26 bits per heavy atom. The summed E-state index contributed by atoms with van der Waals surface area (Å²) in [5.74, 6) is -0.190. The Morgan fingerprint density at radius 1 is 1.42 bits per heavy atom. The summed E-state index contributed by atoms with van der Waals surface area (Å²) >= 11 is 0. The average Bonchev–Trinajstić information content (AvgIpc) is 2.92. The average molecular weight is 266 g/mol. The highest BCUT2D eigenvalue weighted by atomic mass is 19.1. The Balaban J connectivity index is 1.72. The van der Waals surface area contributed by atoms with Crippen molar-refractivity contribution in [2.75, 3.05) is 38.1 Å². The van der Waals surface area contributed by atoms with E-state index in [0.717, 1.165) is 39.2 Å². The van der Waals surface area contributed by atoms with Gasteiger partial charge >= 0.3 is 0 Å². The molecule has 2 rings (SSSR count). The summed E-state index contributed by atoms with van der Waals surface area (Å²) in [6.07, 6.45) is 2.72. The molecule has 1 saturated heterocycles. The summed E-state index contributed by atoms with van der Waals surface area (Å²) in [5.41, 5.74) is 0.579. The predicted octanol–water partition coefficient (Wildman–Crippen LogP) is 2.74. The smallest absolute Gasteiger partial charge is 0.146 e. The zero-order valence-electron chi connectivity index (χ0n) is 11.6. The lowest BCUT2D eigenvalue weighted by atomic mass is 10.2. The number of nitrogens with zero attached hydrogens (tertiary/aromatic N) is 1. The van der Waals surface area contributed by atoms with E-state index < -0.39 is 0 Å². The Kier molecular flexibility index (Phi) is 5.61. The van der Waals surface area contributed by atoms with Gasteiger partial charge in [0.1, 0.15) is 5.82 Å². The van der Waals surface area contributed by atoms with Gasteiger partial charge in [0.15, 0.2) is 0 Å². The minimum atomic E-state index is -0.190. The van der Waals surface area contributed by atoms with Gasteiger partial charge in [-0.1, -0.05) is 19.1 Å². The Labute approximate surface area is 114 Å². The molecule has 0 spiro atoms. The molecule has 1 aromatic rings. The molecule has 1 fully saturated rings. The van der Waals surface area contributed by atoms with Crippen molar-refractivity contribution in [3.8, 4) is 0 Å². The van der Waals surface area contributed by atoms with Crippen LogP contribution in [0.1, 0.15) is 19.8 Å². The van der Waals surface area contributed by atoms with Crippen LogP contribution >= 0.6 is 0 Å². The van der Waals surface area contributed by atoms with Gasteiger partial charge in [-0.15, -0.1) is 0 Å². The maximum absolute atomic E-state index is 13.4. The van der Waals surface area contributed by atoms with Crippen LogP contribution in [0, 0.1) is 5.82 Å². The van der Waals surface area contributed by atoms with Gasteiger partial charge in [0, 0.05) is 26.2 Å². The zero-order valence-corrected chi connectivity index (χ0v) is 11.6. The molecule has 0 radical (unpaired) electrons. The molecule has 106 valence electrons. The lowest BCUT2D eigenvalue weighted by Gasteiger charge is -2.23. The monoisotopic (exact) mass is 266 g/mol. The van der Waals surface area contributed by atoms with E-state index in [1.807, 2.05) is 6.07 Å². The first-order valence-electron chi connectivity index (χ1n) is 7.12. The topological polar surface area (TPSA) is 24.5 Å². The molecule has 4 heteroatoms. The maximum Gasteiger partial charge on any atom is 0.146 e. The van der Waals surface area contributed by atoms with Crippen LogP contribution in [0.4, 0.5) is 10.1 Å². The molecule has 0 aliphatic carbocycles. The highest BCUT2D eigenvalue weighted by molar-refractivity contribution is 5.44. The highest BCUT2D eigenvalue weighted by Gasteiger charge is 2.18. The third-order valence-electron chi connectivity index (χ3n) is 3.55. The van der Waals surface area contributed by atoms with E-state index in [4.69, 9.17) is 4.74 Å². The lowest BCUT2D eigenvalue weighted by Crippen LogP contribution is -2.35. The van der Waals surface area contributed by atoms with Crippen LogP contribution in [0.3, 0.4) is 0 Å². The van der Waals surface area contributed by atoms with Gasteiger partial charge in [0.2, 0.25) is 0 Å². The van der Waals surface area contributed by atoms with Crippen molar-refractivity contribution in [3.63, 3.8) is 0 Å². The van der Waals surface area contributed by atoms with Gasteiger partial charge in [-0.2, -0.15) is 0 Å². The largest absolute Gasteiger partial charge is 0.381 e. The van der Waals surface area contributed by atoms with E-state index >= 15 is 0 Å². The van der Waals surface area contributed by atoms with Gasteiger partial charge in [0.05, 0.1) is 11.8 Å². The number of rotatable bonds is 7. The number of likely N-dealkylation sites (N-methyl/N-ethyl adjacent to an activating group) is 1. The summed E-state index contributed by atoms with van der Waals surface area (Å²) in [7, 11) is 0. The summed E-state index contributed by atoms with van der Waals surface area (Å²) in [6, 6.07) is 6.80.